The number of alkyl halides is 9. The lowest BCUT2D eigenvalue weighted by molar-refractivity contribution is -0.305. The van der Waals surface area contributed by atoms with Crippen molar-refractivity contribution in [2.24, 2.45) is 0 Å². The third kappa shape index (κ3) is 7.37. The molecule has 0 aliphatic heterocycles. The molecule has 0 aromatic heterocycles. The first kappa shape index (κ1) is 31.7. The minimum atomic E-state index is -5.98. The van der Waals surface area contributed by atoms with Gasteiger partial charge in [-0.25, -0.2) is 14.4 Å². The van der Waals surface area contributed by atoms with Crippen LogP contribution in [0, 0.1) is 0 Å². The van der Waals surface area contributed by atoms with Crippen LogP contribution in [0.15, 0.2) is 24.3 Å². The van der Waals surface area contributed by atoms with Gasteiger partial charge < -0.3 is 24.6 Å². The fourth-order valence-corrected chi connectivity index (χ4v) is 2.59. The quantitative estimate of drug-likeness (QED) is 0.241. The number of aliphatic hydroxyl groups is 1. The Morgan fingerprint density at radius 1 is 0.811 bits per heavy atom. The van der Waals surface area contributed by atoms with Gasteiger partial charge in [0.25, 0.3) is 5.60 Å². The van der Waals surface area contributed by atoms with Crippen LogP contribution >= 0.6 is 0 Å². The molecule has 0 spiro atoms. The van der Waals surface area contributed by atoms with Gasteiger partial charge in [-0.05, 0) is 26.0 Å². The van der Waals surface area contributed by atoms with E-state index in [0.717, 1.165) is 19.2 Å². The molecule has 2 amide bonds. The Kier molecular flexibility index (Phi) is 9.79. The maximum absolute atomic E-state index is 13.6. The minimum absolute atomic E-state index is 0.461. The summed E-state index contributed by atoms with van der Waals surface area (Å²) in [6, 6.07) is 0.129. The van der Waals surface area contributed by atoms with Crippen LogP contribution in [-0.2, 0) is 29.4 Å². The number of benzene rings is 1. The Bertz CT molecular complexity index is 965. The molecular weight excluding hydrogens is 539 g/mol. The van der Waals surface area contributed by atoms with Gasteiger partial charge in [0, 0.05) is 11.3 Å². The van der Waals surface area contributed by atoms with Gasteiger partial charge in [-0.15, -0.1) is 0 Å². The smallest absolute Gasteiger partial charge is 0.448 e. The van der Waals surface area contributed by atoms with Crippen LogP contribution in [0.2, 0.25) is 0 Å². The highest BCUT2D eigenvalue weighted by Crippen LogP contribution is 2.40. The summed E-state index contributed by atoms with van der Waals surface area (Å²) >= 11 is 0. The molecule has 9 nitrogen and oxygen atoms in total. The van der Waals surface area contributed by atoms with Crippen molar-refractivity contribution in [2.45, 2.75) is 43.7 Å². The van der Waals surface area contributed by atoms with Crippen molar-refractivity contribution >= 4 is 23.7 Å². The lowest BCUT2D eigenvalue weighted by Crippen LogP contribution is -2.67. The van der Waals surface area contributed by atoms with Crippen LogP contribution in [0.4, 0.5) is 50.0 Å². The average molecular weight is 558 g/mol. The van der Waals surface area contributed by atoms with E-state index >= 15 is 0 Å². The SMILES string of the molecule is CCOC(=O)[C@@](O)(c1ccc(NC(=O)N[C@@](OCC(F)(F)F)(C(=O)OCC)C(F)(F)F)cc1)C(F)(F)F. The van der Waals surface area contributed by atoms with Crippen LogP contribution in [0.5, 0.6) is 0 Å². The number of halogens is 9. The molecule has 0 saturated heterocycles. The monoisotopic (exact) mass is 558 g/mol. The van der Waals surface area contributed by atoms with Gasteiger partial charge in [-0.3, -0.25) is 5.32 Å². The molecule has 210 valence electrons. The molecule has 37 heavy (non-hydrogen) atoms. The van der Waals surface area contributed by atoms with E-state index in [0.29, 0.717) is 24.3 Å². The first-order valence-corrected chi connectivity index (χ1v) is 9.85. The Morgan fingerprint density at radius 3 is 1.70 bits per heavy atom. The molecular formula is C19H19F9N2O7. The predicted octanol–water partition coefficient (Wildman–Crippen LogP) is 3.52. The van der Waals surface area contributed by atoms with Crippen LogP contribution in [0.1, 0.15) is 19.4 Å². The zero-order chi connectivity index (χ0) is 28.9. The maximum atomic E-state index is 13.6. The number of hydrogen-bond acceptors (Lipinski definition) is 7. The first-order valence-electron chi connectivity index (χ1n) is 9.85. The van der Waals surface area contributed by atoms with E-state index in [1.54, 1.807) is 5.32 Å². The number of carbonyl (C=O) groups excluding carboxylic acids is 3. The number of anilines is 1. The average Bonchev–Trinajstić information content (AvgIpc) is 2.74. The molecule has 2 atom stereocenters. The first-order chi connectivity index (χ1) is 16.7. The van der Waals surface area contributed by atoms with E-state index < -0.39 is 78.9 Å². The largest absolute Gasteiger partial charge is 0.463 e. The third-order valence-corrected chi connectivity index (χ3v) is 4.25. The van der Waals surface area contributed by atoms with Crippen LogP contribution in [0.25, 0.3) is 0 Å². The van der Waals surface area contributed by atoms with Gasteiger partial charge in [-0.2, -0.15) is 39.5 Å². The second-order valence-corrected chi connectivity index (χ2v) is 6.89. The minimum Gasteiger partial charge on any atom is -0.463 e. The summed E-state index contributed by atoms with van der Waals surface area (Å²) in [6.45, 7) is -1.74. The Balaban J connectivity index is 3.29. The van der Waals surface area contributed by atoms with Crippen LogP contribution < -0.4 is 10.6 Å². The fraction of sp³-hybridized carbons (Fsp3) is 0.526. The molecule has 0 radical (unpaired) electrons. The molecule has 18 heteroatoms. The van der Waals surface area contributed by atoms with Crippen molar-refractivity contribution in [3.8, 4) is 0 Å². The summed E-state index contributed by atoms with van der Waals surface area (Å²) in [7, 11) is 0. The lowest BCUT2D eigenvalue weighted by Gasteiger charge is -2.33. The molecule has 0 saturated carbocycles. The predicted molar refractivity (Wildman–Crippen MR) is 103 cm³/mol. The number of carbonyl (C=O) groups is 3. The Morgan fingerprint density at radius 2 is 1.30 bits per heavy atom. The number of rotatable bonds is 9. The molecule has 1 aromatic carbocycles. The van der Waals surface area contributed by atoms with Gasteiger partial charge in [0.15, 0.2) is 0 Å². The second-order valence-electron chi connectivity index (χ2n) is 6.89. The molecule has 1 aromatic rings. The second kappa shape index (κ2) is 11.4. The van der Waals surface area contributed by atoms with Gasteiger partial charge in [-0.1, -0.05) is 12.1 Å². The van der Waals surface area contributed by atoms with Crippen molar-refractivity contribution in [3.05, 3.63) is 29.8 Å². The van der Waals surface area contributed by atoms with Crippen molar-refractivity contribution in [2.75, 3.05) is 25.1 Å². The van der Waals surface area contributed by atoms with Crippen LogP contribution in [0.3, 0.4) is 0 Å². The molecule has 0 aliphatic carbocycles. The standard InChI is InChI=1S/C19H19F9N2O7/c1-3-35-12(31)16(34,18(23,24)25)10-5-7-11(8-6-10)29-14(33)30-17(19(26,27)28,13(32)36-4-2)37-9-15(20,21)22/h5-8,34H,3-4,9H2,1-2H3,(H2,29,30,33)/t16-,17+/m0/s1. The fourth-order valence-electron chi connectivity index (χ4n) is 2.59. The van der Waals surface area contributed by atoms with Gasteiger partial charge in [0.05, 0.1) is 13.2 Å². The summed E-state index contributed by atoms with van der Waals surface area (Å²) in [4.78, 5) is 35.8. The van der Waals surface area contributed by atoms with Crippen molar-refractivity contribution in [3.63, 3.8) is 0 Å². The van der Waals surface area contributed by atoms with E-state index in [4.69, 9.17) is 0 Å². The summed E-state index contributed by atoms with van der Waals surface area (Å²) in [5.41, 5.74) is -10.5. The molecule has 0 aliphatic rings. The molecule has 0 bridgehead atoms. The normalized spacial score (nSPS) is 15.7. The number of nitrogens with one attached hydrogen (secondary N) is 2. The van der Waals surface area contributed by atoms with Crippen molar-refractivity contribution in [1.29, 1.82) is 0 Å². The van der Waals surface area contributed by atoms with E-state index in [1.807, 2.05) is 0 Å². The third-order valence-electron chi connectivity index (χ3n) is 4.25. The van der Waals surface area contributed by atoms with E-state index in [9.17, 15) is 59.0 Å². The summed E-state index contributed by atoms with van der Waals surface area (Å²) in [5, 5.41) is 12.5. The van der Waals surface area contributed by atoms with Gasteiger partial charge >= 0.3 is 42.2 Å². The molecule has 0 unspecified atom stereocenters. The number of amides is 2. The highest BCUT2D eigenvalue weighted by Gasteiger charge is 2.66. The number of esters is 2. The molecule has 3 N–H and O–H groups in total. The van der Waals surface area contributed by atoms with Crippen molar-refractivity contribution in [1.82, 2.24) is 5.32 Å². The van der Waals surface area contributed by atoms with E-state index in [1.165, 1.54) is 0 Å². The Hall–Kier alpha value is -3.28. The molecule has 1 rings (SSSR count). The number of urea groups is 1. The van der Waals surface area contributed by atoms with Crippen molar-refractivity contribution < 1.29 is 73.2 Å². The van der Waals surface area contributed by atoms with E-state index in [-0.39, 0.29) is 0 Å². The van der Waals surface area contributed by atoms with Gasteiger partial charge in [0.1, 0.15) is 6.61 Å². The highest BCUT2D eigenvalue weighted by atomic mass is 19.4. The lowest BCUT2D eigenvalue weighted by atomic mass is 9.93. The maximum Gasteiger partial charge on any atom is 0.448 e. The Labute approximate surface area is 201 Å². The molecule has 0 heterocycles. The number of hydrogen-bond donors (Lipinski definition) is 3. The molecule has 0 fully saturated rings. The highest BCUT2D eigenvalue weighted by molar-refractivity contribution is 5.94. The zero-order valence-electron chi connectivity index (χ0n) is 18.7. The van der Waals surface area contributed by atoms with E-state index in [2.05, 4.69) is 14.2 Å². The topological polar surface area (TPSA) is 123 Å². The summed E-state index contributed by atoms with van der Waals surface area (Å²) in [6.07, 6.45) is -16.9. The number of ether oxygens (including phenoxy) is 3. The summed E-state index contributed by atoms with van der Waals surface area (Å²) < 4.78 is 131. The summed E-state index contributed by atoms with van der Waals surface area (Å²) in [5.74, 6) is -4.53. The van der Waals surface area contributed by atoms with Gasteiger partial charge in [0.2, 0.25) is 0 Å². The van der Waals surface area contributed by atoms with Crippen LogP contribution in [-0.4, -0.2) is 67.2 Å². The zero-order valence-corrected chi connectivity index (χ0v) is 18.7.